The van der Waals surface area contributed by atoms with Crippen molar-refractivity contribution in [3.63, 3.8) is 0 Å². The Morgan fingerprint density at radius 1 is 1.11 bits per heavy atom. The highest BCUT2D eigenvalue weighted by molar-refractivity contribution is 6.43. The predicted molar refractivity (Wildman–Crippen MR) is 106 cm³/mol. The van der Waals surface area contributed by atoms with Crippen LogP contribution in [0.25, 0.3) is 5.69 Å². The molecular formula is C21H22N4O3. The lowest BCUT2D eigenvalue weighted by molar-refractivity contribution is -0.117. The molecule has 0 saturated carbocycles. The number of hydrogen-bond acceptors (Lipinski definition) is 4. The third kappa shape index (κ3) is 3.64. The zero-order chi connectivity index (χ0) is 20.4. The molecule has 0 bridgehead atoms. The van der Waals surface area contributed by atoms with Crippen LogP contribution in [0.15, 0.2) is 41.2 Å². The molecule has 1 amide bonds. The molecule has 0 spiro atoms. The summed E-state index contributed by atoms with van der Waals surface area (Å²) in [6, 6.07) is 11.2. The van der Waals surface area contributed by atoms with Gasteiger partial charge in [-0.2, -0.15) is 5.10 Å². The minimum absolute atomic E-state index is 0.0169. The summed E-state index contributed by atoms with van der Waals surface area (Å²) >= 11 is 0. The molecular weight excluding hydrogens is 356 g/mol. The number of pyridine rings is 1. The number of amides is 1. The summed E-state index contributed by atoms with van der Waals surface area (Å²) in [5.41, 5.74) is 3.82. The van der Waals surface area contributed by atoms with Crippen LogP contribution in [0.1, 0.15) is 38.6 Å². The predicted octanol–water partition coefficient (Wildman–Crippen LogP) is 2.29. The summed E-state index contributed by atoms with van der Waals surface area (Å²) in [6.07, 6.45) is 0. The van der Waals surface area contributed by atoms with E-state index < -0.39 is 11.7 Å². The van der Waals surface area contributed by atoms with Gasteiger partial charge in [0.15, 0.2) is 0 Å². The highest BCUT2D eigenvalue weighted by Gasteiger charge is 2.25. The first-order valence-electron chi connectivity index (χ1n) is 8.93. The molecule has 7 heteroatoms. The molecule has 1 aromatic carbocycles. The van der Waals surface area contributed by atoms with E-state index in [2.05, 4.69) is 15.4 Å². The number of rotatable bonds is 5. The highest BCUT2D eigenvalue weighted by atomic mass is 16.2. The molecule has 0 aliphatic carbocycles. The maximum atomic E-state index is 12.7. The first kappa shape index (κ1) is 19.3. The van der Waals surface area contributed by atoms with E-state index in [1.807, 2.05) is 36.4 Å². The number of Topliss-reactive ketones (excluding diaryl/α,β-unsaturated/α-hetero) is 1. The van der Waals surface area contributed by atoms with Crippen LogP contribution in [0.5, 0.6) is 0 Å². The second kappa shape index (κ2) is 7.64. The van der Waals surface area contributed by atoms with Gasteiger partial charge in [-0.15, -0.1) is 0 Å². The van der Waals surface area contributed by atoms with E-state index in [1.165, 1.54) is 0 Å². The van der Waals surface area contributed by atoms with Gasteiger partial charge in [0, 0.05) is 17.8 Å². The Morgan fingerprint density at radius 3 is 2.43 bits per heavy atom. The largest absolute Gasteiger partial charge is 0.345 e. The molecule has 2 aromatic heterocycles. The van der Waals surface area contributed by atoms with Crippen molar-refractivity contribution in [2.45, 2.75) is 34.2 Å². The summed E-state index contributed by atoms with van der Waals surface area (Å²) in [4.78, 5) is 39.9. The van der Waals surface area contributed by atoms with Crippen LogP contribution in [0.4, 0.5) is 0 Å². The second-order valence-corrected chi connectivity index (χ2v) is 6.75. The van der Waals surface area contributed by atoms with Gasteiger partial charge < -0.3 is 10.3 Å². The summed E-state index contributed by atoms with van der Waals surface area (Å²) in [7, 11) is 0. The molecule has 0 unspecified atom stereocenters. The molecule has 0 radical (unpaired) electrons. The first-order chi connectivity index (χ1) is 13.3. The number of nitrogens with one attached hydrogen (secondary N) is 2. The molecule has 0 aliphatic heterocycles. The number of para-hydroxylation sites is 1. The van der Waals surface area contributed by atoms with Crippen LogP contribution < -0.4 is 10.9 Å². The average molecular weight is 378 g/mol. The van der Waals surface area contributed by atoms with Gasteiger partial charge in [0.2, 0.25) is 0 Å². The number of aromatic amines is 1. The van der Waals surface area contributed by atoms with Gasteiger partial charge in [0.05, 0.1) is 22.6 Å². The quantitative estimate of drug-likeness (QED) is 0.526. The molecule has 2 N–H and O–H groups in total. The molecule has 0 aliphatic rings. The molecule has 0 fully saturated rings. The van der Waals surface area contributed by atoms with Crippen LogP contribution in [-0.4, -0.2) is 26.5 Å². The molecule has 3 aromatic rings. The summed E-state index contributed by atoms with van der Waals surface area (Å²) in [5, 5.41) is 6.96. The normalized spacial score (nSPS) is 10.7. The van der Waals surface area contributed by atoms with Crippen molar-refractivity contribution in [3.8, 4) is 5.69 Å². The number of ketones is 1. The van der Waals surface area contributed by atoms with Gasteiger partial charge in [-0.25, -0.2) is 4.68 Å². The van der Waals surface area contributed by atoms with Crippen molar-refractivity contribution in [3.05, 3.63) is 80.5 Å². The topological polar surface area (TPSA) is 96.8 Å². The zero-order valence-electron chi connectivity index (χ0n) is 16.3. The molecule has 0 saturated heterocycles. The van der Waals surface area contributed by atoms with Crippen LogP contribution in [0, 0.1) is 27.7 Å². The second-order valence-electron chi connectivity index (χ2n) is 6.75. The van der Waals surface area contributed by atoms with Crippen molar-refractivity contribution in [1.82, 2.24) is 20.1 Å². The lowest BCUT2D eigenvalue weighted by Crippen LogP contribution is -2.33. The monoisotopic (exact) mass is 378 g/mol. The summed E-state index contributed by atoms with van der Waals surface area (Å²) < 4.78 is 1.64. The Labute approximate surface area is 162 Å². The van der Waals surface area contributed by atoms with Crippen LogP contribution in [0.3, 0.4) is 0 Å². The SMILES string of the molecule is Cc1cc(C)c(CNC(=O)C(=O)c2c(C)nn(-c3ccccc3)c2C)c(=O)[nH]1. The molecule has 3 rings (SSSR count). The maximum absolute atomic E-state index is 12.7. The van der Waals surface area contributed by atoms with E-state index in [0.29, 0.717) is 17.0 Å². The maximum Gasteiger partial charge on any atom is 0.292 e. The Hall–Kier alpha value is -3.48. The molecule has 0 atom stereocenters. The standard InChI is InChI=1S/C21H22N4O3/c1-12-10-13(2)23-20(27)17(12)11-22-21(28)19(26)18-14(3)24-25(15(18)4)16-8-6-5-7-9-16/h5-10H,11H2,1-4H3,(H,22,28)(H,23,27). The van der Waals surface area contributed by atoms with Gasteiger partial charge in [-0.1, -0.05) is 18.2 Å². The highest BCUT2D eigenvalue weighted by Crippen LogP contribution is 2.18. The number of aromatic nitrogens is 3. The number of H-pyrrole nitrogens is 1. The minimum atomic E-state index is -0.766. The number of hydrogen-bond donors (Lipinski definition) is 2. The van der Waals surface area contributed by atoms with Crippen molar-refractivity contribution in [2.24, 2.45) is 0 Å². The van der Waals surface area contributed by atoms with Crippen molar-refractivity contribution in [2.75, 3.05) is 0 Å². The number of carbonyl (C=O) groups is 2. The van der Waals surface area contributed by atoms with E-state index in [4.69, 9.17) is 0 Å². The Bertz CT molecular complexity index is 1110. The third-order valence-electron chi connectivity index (χ3n) is 4.64. The number of nitrogens with zero attached hydrogens (tertiary/aromatic N) is 2. The van der Waals surface area contributed by atoms with E-state index in [0.717, 1.165) is 16.9 Å². The fourth-order valence-corrected chi connectivity index (χ4v) is 3.26. The molecule has 7 nitrogen and oxygen atoms in total. The smallest absolute Gasteiger partial charge is 0.292 e. The number of carbonyl (C=O) groups excluding carboxylic acids is 2. The minimum Gasteiger partial charge on any atom is -0.345 e. The van der Waals surface area contributed by atoms with Crippen molar-refractivity contribution < 1.29 is 9.59 Å². The summed E-state index contributed by atoms with van der Waals surface area (Å²) in [5.74, 6) is -1.43. The van der Waals surface area contributed by atoms with E-state index in [1.54, 1.807) is 32.4 Å². The average Bonchev–Trinajstić information content (AvgIpc) is 2.95. The number of aryl methyl sites for hydroxylation is 3. The van der Waals surface area contributed by atoms with Crippen molar-refractivity contribution >= 4 is 11.7 Å². The first-order valence-corrected chi connectivity index (χ1v) is 8.93. The number of benzene rings is 1. The van der Waals surface area contributed by atoms with Crippen LogP contribution >= 0.6 is 0 Å². The Kier molecular flexibility index (Phi) is 5.26. The molecule has 2 heterocycles. The zero-order valence-corrected chi connectivity index (χ0v) is 16.3. The molecule has 144 valence electrons. The van der Waals surface area contributed by atoms with E-state index in [9.17, 15) is 14.4 Å². The third-order valence-corrected chi connectivity index (χ3v) is 4.64. The van der Waals surface area contributed by atoms with Gasteiger partial charge in [-0.3, -0.25) is 14.4 Å². The van der Waals surface area contributed by atoms with Gasteiger partial charge in [-0.05, 0) is 51.5 Å². The van der Waals surface area contributed by atoms with E-state index in [-0.39, 0.29) is 17.7 Å². The Balaban J connectivity index is 1.82. The van der Waals surface area contributed by atoms with Crippen LogP contribution in [0.2, 0.25) is 0 Å². The lowest BCUT2D eigenvalue weighted by atomic mass is 10.1. The van der Waals surface area contributed by atoms with Gasteiger partial charge in [0.1, 0.15) is 0 Å². The van der Waals surface area contributed by atoms with Crippen molar-refractivity contribution in [1.29, 1.82) is 0 Å². The van der Waals surface area contributed by atoms with Gasteiger partial charge in [0.25, 0.3) is 17.2 Å². The Morgan fingerprint density at radius 2 is 1.79 bits per heavy atom. The van der Waals surface area contributed by atoms with Crippen LogP contribution in [-0.2, 0) is 11.3 Å². The fourth-order valence-electron chi connectivity index (χ4n) is 3.26. The fraction of sp³-hybridized carbons (Fsp3) is 0.238. The van der Waals surface area contributed by atoms with Gasteiger partial charge >= 0.3 is 0 Å². The lowest BCUT2D eigenvalue weighted by Gasteiger charge is -2.08. The van der Waals surface area contributed by atoms with E-state index >= 15 is 0 Å². The summed E-state index contributed by atoms with van der Waals surface area (Å²) in [6.45, 7) is 7.01. The molecule has 28 heavy (non-hydrogen) atoms.